The van der Waals surface area contributed by atoms with Gasteiger partial charge in [0, 0.05) is 24.7 Å². The van der Waals surface area contributed by atoms with E-state index in [0.717, 1.165) is 0 Å². The van der Waals surface area contributed by atoms with Crippen LogP contribution in [0.3, 0.4) is 0 Å². The highest BCUT2D eigenvalue weighted by Crippen LogP contribution is 2.37. The fourth-order valence-electron chi connectivity index (χ4n) is 2.89. The SMILES string of the molecule is CNCCC(=O)Oc1ccc2c(=O)cc(-c3ccccc3)oc2c1OC(=O)CCNC. The first-order chi connectivity index (χ1) is 15.0. The summed E-state index contributed by atoms with van der Waals surface area (Å²) in [5.41, 5.74) is 0.425. The van der Waals surface area contributed by atoms with Crippen LogP contribution in [0.2, 0.25) is 0 Å². The van der Waals surface area contributed by atoms with Gasteiger partial charge in [0.15, 0.2) is 16.8 Å². The highest BCUT2D eigenvalue weighted by Gasteiger charge is 2.21. The third-order valence-corrected chi connectivity index (χ3v) is 4.47. The Hall–Kier alpha value is -3.49. The van der Waals surface area contributed by atoms with Crippen LogP contribution in [-0.4, -0.2) is 39.1 Å². The molecule has 0 amide bonds. The van der Waals surface area contributed by atoms with E-state index < -0.39 is 11.9 Å². The van der Waals surface area contributed by atoms with Gasteiger partial charge in [-0.1, -0.05) is 30.3 Å². The molecule has 0 fully saturated rings. The van der Waals surface area contributed by atoms with Crippen LogP contribution in [0.25, 0.3) is 22.3 Å². The van der Waals surface area contributed by atoms with E-state index in [4.69, 9.17) is 13.9 Å². The number of ether oxygens (including phenoxy) is 2. The van der Waals surface area contributed by atoms with Gasteiger partial charge < -0.3 is 24.5 Å². The lowest BCUT2D eigenvalue weighted by atomic mass is 10.1. The van der Waals surface area contributed by atoms with E-state index in [0.29, 0.717) is 24.4 Å². The van der Waals surface area contributed by atoms with Gasteiger partial charge in [-0.25, -0.2) is 0 Å². The third kappa shape index (κ3) is 5.56. The third-order valence-electron chi connectivity index (χ3n) is 4.47. The van der Waals surface area contributed by atoms with Crippen LogP contribution in [-0.2, 0) is 9.59 Å². The molecule has 0 aliphatic carbocycles. The van der Waals surface area contributed by atoms with Crippen molar-refractivity contribution in [2.45, 2.75) is 12.8 Å². The minimum Gasteiger partial charge on any atom is -0.452 e. The van der Waals surface area contributed by atoms with Gasteiger partial charge in [0.05, 0.1) is 18.2 Å². The second-order valence-electron chi connectivity index (χ2n) is 6.77. The molecule has 2 aromatic carbocycles. The number of fused-ring (bicyclic) bond motifs is 1. The summed E-state index contributed by atoms with van der Waals surface area (Å²) in [6.45, 7) is 0.830. The van der Waals surface area contributed by atoms with Crippen molar-refractivity contribution in [3.8, 4) is 22.8 Å². The quantitative estimate of drug-likeness (QED) is 0.399. The number of hydrogen-bond acceptors (Lipinski definition) is 8. The van der Waals surface area contributed by atoms with Crippen molar-refractivity contribution in [1.82, 2.24) is 10.6 Å². The summed E-state index contributed by atoms with van der Waals surface area (Å²) >= 11 is 0. The number of hydrogen-bond donors (Lipinski definition) is 2. The van der Waals surface area contributed by atoms with E-state index in [1.54, 1.807) is 26.2 Å². The average Bonchev–Trinajstić information content (AvgIpc) is 2.78. The second kappa shape index (κ2) is 10.5. The van der Waals surface area contributed by atoms with Crippen LogP contribution in [0.15, 0.2) is 57.7 Å². The Bertz CT molecular complexity index is 1120. The Kier molecular flexibility index (Phi) is 7.53. The summed E-state index contributed by atoms with van der Waals surface area (Å²) in [6.07, 6.45) is 0.207. The molecule has 0 aliphatic heterocycles. The first kappa shape index (κ1) is 22.2. The number of benzene rings is 2. The molecule has 3 rings (SSSR count). The van der Waals surface area contributed by atoms with Crippen LogP contribution in [0, 0.1) is 0 Å². The first-order valence-electron chi connectivity index (χ1n) is 9.90. The zero-order valence-corrected chi connectivity index (χ0v) is 17.4. The topological polar surface area (TPSA) is 107 Å². The largest absolute Gasteiger partial charge is 0.452 e. The molecule has 8 nitrogen and oxygen atoms in total. The fourth-order valence-corrected chi connectivity index (χ4v) is 2.89. The summed E-state index contributed by atoms with van der Waals surface area (Å²) in [7, 11) is 3.43. The van der Waals surface area contributed by atoms with Crippen LogP contribution in [0.5, 0.6) is 11.5 Å². The van der Waals surface area contributed by atoms with Crippen LogP contribution < -0.4 is 25.5 Å². The lowest BCUT2D eigenvalue weighted by molar-refractivity contribution is -0.137. The van der Waals surface area contributed by atoms with E-state index in [-0.39, 0.29) is 40.7 Å². The lowest BCUT2D eigenvalue weighted by Crippen LogP contribution is -2.19. The minimum atomic E-state index is -0.554. The molecular formula is C23H24N2O6. The molecule has 162 valence electrons. The Morgan fingerprint density at radius 1 is 0.903 bits per heavy atom. The van der Waals surface area contributed by atoms with Crippen molar-refractivity contribution in [3.05, 3.63) is 58.8 Å². The Labute approximate surface area is 179 Å². The van der Waals surface area contributed by atoms with Crippen molar-refractivity contribution >= 4 is 22.9 Å². The predicted octanol–water partition coefficient (Wildman–Crippen LogP) is 2.49. The first-order valence-corrected chi connectivity index (χ1v) is 9.90. The maximum absolute atomic E-state index is 12.7. The number of carbonyl (C=O) groups excluding carboxylic acids is 2. The molecule has 31 heavy (non-hydrogen) atoms. The molecule has 0 saturated carbocycles. The molecule has 0 spiro atoms. The van der Waals surface area contributed by atoms with Crippen molar-refractivity contribution < 1.29 is 23.5 Å². The van der Waals surface area contributed by atoms with Gasteiger partial charge >= 0.3 is 11.9 Å². The maximum Gasteiger partial charge on any atom is 0.312 e. The molecule has 0 saturated heterocycles. The monoisotopic (exact) mass is 424 g/mol. The molecule has 0 atom stereocenters. The second-order valence-corrected chi connectivity index (χ2v) is 6.77. The normalized spacial score (nSPS) is 10.8. The van der Waals surface area contributed by atoms with Crippen molar-refractivity contribution in [1.29, 1.82) is 0 Å². The van der Waals surface area contributed by atoms with Gasteiger partial charge in [0.25, 0.3) is 0 Å². The zero-order chi connectivity index (χ0) is 22.2. The van der Waals surface area contributed by atoms with E-state index in [2.05, 4.69) is 10.6 Å². The highest BCUT2D eigenvalue weighted by atomic mass is 16.6. The van der Waals surface area contributed by atoms with E-state index in [1.165, 1.54) is 18.2 Å². The molecule has 2 N–H and O–H groups in total. The Morgan fingerprint density at radius 3 is 2.19 bits per heavy atom. The highest BCUT2D eigenvalue weighted by molar-refractivity contribution is 5.90. The molecule has 0 aliphatic rings. The predicted molar refractivity (Wildman–Crippen MR) is 116 cm³/mol. The van der Waals surface area contributed by atoms with Gasteiger partial charge in [-0.15, -0.1) is 0 Å². The number of nitrogens with one attached hydrogen (secondary N) is 2. The van der Waals surface area contributed by atoms with Crippen molar-refractivity contribution in [2.24, 2.45) is 0 Å². The van der Waals surface area contributed by atoms with Crippen LogP contribution in [0.1, 0.15) is 12.8 Å². The van der Waals surface area contributed by atoms with Crippen molar-refractivity contribution in [3.63, 3.8) is 0 Å². The Morgan fingerprint density at radius 2 is 1.55 bits per heavy atom. The number of rotatable bonds is 9. The summed E-state index contributed by atoms with van der Waals surface area (Å²) in [6, 6.07) is 13.4. The molecule has 1 heterocycles. The standard InChI is InChI=1S/C23H24N2O6/c1-24-12-10-20(27)29-18-9-8-16-17(26)14-19(15-6-4-3-5-7-15)30-22(16)23(18)31-21(28)11-13-25-2/h3-9,14,24-25H,10-13H2,1-2H3. The van der Waals surface area contributed by atoms with Crippen molar-refractivity contribution in [2.75, 3.05) is 27.2 Å². The molecule has 0 radical (unpaired) electrons. The van der Waals surface area contributed by atoms with Crippen LogP contribution in [0.4, 0.5) is 0 Å². The van der Waals surface area contributed by atoms with E-state index >= 15 is 0 Å². The van der Waals surface area contributed by atoms with Gasteiger partial charge in [-0.3, -0.25) is 14.4 Å². The molecule has 0 unspecified atom stereocenters. The van der Waals surface area contributed by atoms with E-state index in [9.17, 15) is 14.4 Å². The van der Waals surface area contributed by atoms with Gasteiger partial charge in [0.1, 0.15) is 5.76 Å². The number of esters is 2. The van der Waals surface area contributed by atoms with Gasteiger partial charge in [0.2, 0.25) is 5.75 Å². The average molecular weight is 424 g/mol. The summed E-state index contributed by atoms with van der Waals surface area (Å²) in [5.74, 6) is -0.833. The minimum absolute atomic E-state index is 0.0137. The van der Waals surface area contributed by atoms with Gasteiger partial charge in [-0.2, -0.15) is 0 Å². The molecule has 1 aromatic heterocycles. The Balaban J connectivity index is 2.11. The fraction of sp³-hybridized carbons (Fsp3) is 0.261. The maximum atomic E-state index is 12.7. The summed E-state index contributed by atoms with van der Waals surface area (Å²) in [4.78, 5) is 37.2. The number of carbonyl (C=O) groups is 2. The molecule has 8 heteroatoms. The molecular weight excluding hydrogens is 400 g/mol. The molecule has 3 aromatic rings. The molecule has 0 bridgehead atoms. The van der Waals surface area contributed by atoms with E-state index in [1.807, 2.05) is 18.2 Å². The summed E-state index contributed by atoms with van der Waals surface area (Å²) in [5, 5.41) is 5.94. The van der Waals surface area contributed by atoms with Crippen LogP contribution >= 0.6 is 0 Å². The summed E-state index contributed by atoms with van der Waals surface area (Å²) < 4.78 is 16.9. The zero-order valence-electron chi connectivity index (χ0n) is 17.4. The smallest absolute Gasteiger partial charge is 0.312 e. The lowest BCUT2D eigenvalue weighted by Gasteiger charge is -2.13. The van der Waals surface area contributed by atoms with Gasteiger partial charge in [-0.05, 0) is 26.2 Å².